The van der Waals surface area contributed by atoms with E-state index in [1.807, 2.05) is 18.2 Å². The van der Waals surface area contributed by atoms with Crippen LogP contribution in [-0.4, -0.2) is 41.8 Å². The van der Waals surface area contributed by atoms with E-state index in [9.17, 15) is 15.0 Å². The highest BCUT2D eigenvalue weighted by Gasteiger charge is 2.70. The molecule has 34 heavy (non-hydrogen) atoms. The fourth-order valence-electron chi connectivity index (χ4n) is 9.53. The average molecular weight is 482 g/mol. The molecular weight excluding hydrogens is 446 g/mol. The molecule has 1 aromatic carbocycles. The third-order valence-electron chi connectivity index (χ3n) is 11.0. The van der Waals surface area contributed by atoms with Crippen LogP contribution < -0.4 is 4.90 Å². The van der Waals surface area contributed by atoms with Crippen LogP contribution in [0.5, 0.6) is 0 Å². The Kier molecular flexibility index (Phi) is 5.16. The number of carbonyl (C=O) groups is 1. The molecule has 5 heteroatoms. The number of rotatable bonds is 3. The number of ketones is 1. The van der Waals surface area contributed by atoms with Gasteiger partial charge >= 0.3 is 0 Å². The van der Waals surface area contributed by atoms with Gasteiger partial charge in [-0.2, -0.15) is 0 Å². The molecule has 0 radical (unpaired) electrons. The van der Waals surface area contributed by atoms with Crippen molar-refractivity contribution >= 4 is 23.1 Å². The highest BCUT2D eigenvalue weighted by atomic mass is 35.5. The SMILES string of the molecule is CC12C=CC(=O)C=C1CCC1C2C(O)CC2(C)C1CC1CN(c3ccc(Cl)cc3)CC12CCO. The molecule has 1 aromatic rings. The summed E-state index contributed by atoms with van der Waals surface area (Å²) in [6, 6.07) is 8.13. The van der Waals surface area contributed by atoms with E-state index in [-0.39, 0.29) is 34.6 Å². The van der Waals surface area contributed by atoms with Crippen LogP contribution in [-0.2, 0) is 4.79 Å². The molecule has 0 spiro atoms. The minimum atomic E-state index is -0.406. The molecule has 4 nitrogen and oxygen atoms in total. The first-order chi connectivity index (χ1) is 16.2. The van der Waals surface area contributed by atoms with Crippen LogP contribution in [0.15, 0.2) is 48.1 Å². The third kappa shape index (κ3) is 2.94. The van der Waals surface area contributed by atoms with E-state index < -0.39 is 6.10 Å². The number of nitrogens with zero attached hydrogens (tertiary/aromatic N) is 1. The second-order valence-corrected chi connectivity index (χ2v) is 12.6. The largest absolute Gasteiger partial charge is 0.396 e. The second-order valence-electron chi connectivity index (χ2n) is 12.1. The van der Waals surface area contributed by atoms with Crippen molar-refractivity contribution in [1.82, 2.24) is 0 Å². The molecular formula is C29H36ClNO3. The highest BCUT2D eigenvalue weighted by molar-refractivity contribution is 6.30. The Labute approximate surface area is 207 Å². The van der Waals surface area contributed by atoms with E-state index >= 15 is 0 Å². The Morgan fingerprint density at radius 1 is 1.21 bits per heavy atom. The van der Waals surface area contributed by atoms with E-state index in [1.54, 1.807) is 6.08 Å². The first-order valence-electron chi connectivity index (χ1n) is 13.0. The lowest BCUT2D eigenvalue weighted by Crippen LogP contribution is -2.58. The zero-order valence-corrected chi connectivity index (χ0v) is 21.0. The summed E-state index contributed by atoms with van der Waals surface area (Å²) in [7, 11) is 0. The maximum Gasteiger partial charge on any atom is 0.178 e. The van der Waals surface area contributed by atoms with Gasteiger partial charge in [-0.05, 0) is 91.7 Å². The fraction of sp³-hybridized carbons (Fsp3) is 0.621. The summed E-state index contributed by atoms with van der Waals surface area (Å²) in [4.78, 5) is 14.6. The van der Waals surface area contributed by atoms with Crippen molar-refractivity contribution in [2.24, 2.45) is 39.9 Å². The molecule has 3 saturated carbocycles. The van der Waals surface area contributed by atoms with Crippen molar-refractivity contribution in [3.05, 3.63) is 53.1 Å². The molecule has 0 bridgehead atoms. The number of aliphatic hydroxyl groups excluding tert-OH is 2. The number of anilines is 1. The molecule has 0 amide bonds. The Morgan fingerprint density at radius 3 is 2.71 bits per heavy atom. The van der Waals surface area contributed by atoms with E-state index in [0.717, 1.165) is 50.2 Å². The lowest BCUT2D eigenvalue weighted by atomic mass is 9.44. The first kappa shape index (κ1) is 22.8. The van der Waals surface area contributed by atoms with Crippen molar-refractivity contribution in [2.75, 3.05) is 24.6 Å². The van der Waals surface area contributed by atoms with Gasteiger partial charge in [0.05, 0.1) is 6.10 Å². The minimum absolute atomic E-state index is 0.00655. The van der Waals surface area contributed by atoms with Crippen molar-refractivity contribution in [2.45, 2.75) is 52.1 Å². The third-order valence-corrected chi connectivity index (χ3v) is 11.3. The van der Waals surface area contributed by atoms with Gasteiger partial charge in [0, 0.05) is 47.2 Å². The maximum absolute atomic E-state index is 12.1. The molecule has 6 rings (SSSR count). The summed E-state index contributed by atoms with van der Waals surface area (Å²) in [5.74, 6) is 1.73. The first-order valence-corrected chi connectivity index (χ1v) is 13.3. The van der Waals surface area contributed by atoms with Gasteiger partial charge in [0.1, 0.15) is 0 Å². The van der Waals surface area contributed by atoms with Crippen LogP contribution in [0.2, 0.25) is 5.02 Å². The smallest absolute Gasteiger partial charge is 0.178 e. The number of allylic oxidation sites excluding steroid dienone is 4. The van der Waals surface area contributed by atoms with Gasteiger partial charge in [-0.15, -0.1) is 0 Å². The zero-order valence-electron chi connectivity index (χ0n) is 20.2. The number of aliphatic hydroxyl groups is 2. The molecule has 4 fully saturated rings. The van der Waals surface area contributed by atoms with Crippen LogP contribution in [0.4, 0.5) is 5.69 Å². The van der Waals surface area contributed by atoms with Crippen LogP contribution in [0, 0.1) is 39.9 Å². The topological polar surface area (TPSA) is 60.8 Å². The van der Waals surface area contributed by atoms with Gasteiger partial charge in [0.15, 0.2) is 5.78 Å². The summed E-state index contributed by atoms with van der Waals surface area (Å²) in [5, 5.41) is 22.8. The number of hydrogen-bond acceptors (Lipinski definition) is 4. The van der Waals surface area contributed by atoms with Crippen LogP contribution >= 0.6 is 11.6 Å². The Hall–Kier alpha value is -1.62. The number of halogens is 1. The number of hydrogen-bond donors (Lipinski definition) is 2. The summed E-state index contributed by atoms with van der Waals surface area (Å²) in [6.07, 6.45) is 9.95. The standard InChI is InChI=1S/C29H36ClNO3/c1-27-10-9-22(33)13-18(27)3-8-23-24-14-19-16-31(21-6-4-20(30)5-7-21)17-29(19,11-12-32)28(24,2)15-25(34)26(23)27/h4-7,9-10,13,19,23-26,32,34H,3,8,11-12,14-17H2,1-2H3. The van der Waals surface area contributed by atoms with Crippen LogP contribution in [0.1, 0.15) is 46.0 Å². The molecule has 4 aliphatic carbocycles. The molecule has 5 aliphatic rings. The molecule has 8 unspecified atom stereocenters. The molecule has 1 aliphatic heterocycles. The van der Waals surface area contributed by atoms with Gasteiger partial charge in [-0.3, -0.25) is 4.79 Å². The van der Waals surface area contributed by atoms with Crippen molar-refractivity contribution in [3.8, 4) is 0 Å². The predicted octanol–water partition coefficient (Wildman–Crippen LogP) is 5.03. The average Bonchev–Trinajstić information content (AvgIpc) is 3.26. The zero-order chi connectivity index (χ0) is 23.9. The molecule has 8 atom stereocenters. The number of carbonyl (C=O) groups excluding carboxylic acids is 1. The summed E-state index contributed by atoms with van der Waals surface area (Å²) in [5.41, 5.74) is 2.15. The van der Waals surface area contributed by atoms with E-state index in [1.165, 1.54) is 11.3 Å². The Bertz CT molecular complexity index is 1070. The Balaban J connectivity index is 1.36. The van der Waals surface area contributed by atoms with Gasteiger partial charge < -0.3 is 15.1 Å². The quantitative estimate of drug-likeness (QED) is 0.635. The number of benzene rings is 1. The molecule has 0 aromatic heterocycles. The van der Waals surface area contributed by atoms with E-state index in [0.29, 0.717) is 17.8 Å². The maximum atomic E-state index is 12.1. The molecule has 1 saturated heterocycles. The van der Waals surface area contributed by atoms with Crippen LogP contribution in [0.3, 0.4) is 0 Å². The van der Waals surface area contributed by atoms with Crippen molar-refractivity contribution in [3.63, 3.8) is 0 Å². The second kappa shape index (κ2) is 7.69. The molecule has 2 N–H and O–H groups in total. The number of fused-ring (bicyclic) bond motifs is 7. The van der Waals surface area contributed by atoms with Crippen LogP contribution in [0.25, 0.3) is 0 Å². The van der Waals surface area contributed by atoms with Crippen molar-refractivity contribution < 1.29 is 15.0 Å². The lowest BCUT2D eigenvalue weighted by molar-refractivity contribution is -0.137. The van der Waals surface area contributed by atoms with Gasteiger partial charge in [0.2, 0.25) is 0 Å². The monoisotopic (exact) mass is 481 g/mol. The normalized spacial score (nSPS) is 44.9. The lowest BCUT2D eigenvalue weighted by Gasteiger charge is -2.61. The highest BCUT2D eigenvalue weighted by Crippen LogP contribution is 2.73. The van der Waals surface area contributed by atoms with Crippen molar-refractivity contribution in [1.29, 1.82) is 0 Å². The predicted molar refractivity (Wildman–Crippen MR) is 135 cm³/mol. The van der Waals surface area contributed by atoms with E-state index in [4.69, 9.17) is 11.6 Å². The van der Waals surface area contributed by atoms with Gasteiger partial charge in [-0.1, -0.05) is 37.1 Å². The summed E-state index contributed by atoms with van der Waals surface area (Å²) < 4.78 is 0. The summed E-state index contributed by atoms with van der Waals surface area (Å²) >= 11 is 6.15. The fourth-order valence-corrected chi connectivity index (χ4v) is 9.65. The van der Waals surface area contributed by atoms with Gasteiger partial charge in [0.25, 0.3) is 0 Å². The Morgan fingerprint density at radius 2 is 1.97 bits per heavy atom. The summed E-state index contributed by atoms with van der Waals surface area (Å²) in [6.45, 7) is 6.77. The van der Waals surface area contributed by atoms with Gasteiger partial charge in [-0.25, -0.2) is 0 Å². The minimum Gasteiger partial charge on any atom is -0.396 e. The molecule has 1 heterocycles. The van der Waals surface area contributed by atoms with E-state index in [2.05, 4.69) is 37.0 Å². The molecule has 182 valence electrons.